The van der Waals surface area contributed by atoms with Crippen molar-refractivity contribution in [2.45, 2.75) is 76.4 Å². The van der Waals surface area contributed by atoms with Gasteiger partial charge < -0.3 is 9.84 Å². The third-order valence-electron chi connectivity index (χ3n) is 4.95. The Morgan fingerprint density at radius 1 is 1.00 bits per heavy atom. The molecule has 0 radical (unpaired) electrons. The molecular formula is C19H30O2. The van der Waals surface area contributed by atoms with Gasteiger partial charge in [-0.2, -0.15) is 0 Å². The normalized spacial score (nSPS) is 20.8. The molecule has 0 bridgehead atoms. The molecule has 0 aliphatic heterocycles. The van der Waals surface area contributed by atoms with Crippen molar-refractivity contribution in [1.29, 1.82) is 0 Å². The fourth-order valence-corrected chi connectivity index (χ4v) is 3.39. The Hall–Kier alpha value is -0.860. The summed E-state index contributed by atoms with van der Waals surface area (Å²) < 4.78 is 5.82. The zero-order chi connectivity index (χ0) is 15.5. The van der Waals surface area contributed by atoms with Gasteiger partial charge in [-0.1, -0.05) is 70.7 Å². The third-order valence-corrected chi connectivity index (χ3v) is 4.95. The number of ether oxygens (including phenoxy) is 1. The van der Waals surface area contributed by atoms with E-state index in [0.29, 0.717) is 0 Å². The molecular weight excluding hydrogens is 260 g/mol. The number of rotatable bonds is 3. The fourth-order valence-electron chi connectivity index (χ4n) is 3.39. The highest BCUT2D eigenvalue weighted by molar-refractivity contribution is 5.30. The van der Waals surface area contributed by atoms with Gasteiger partial charge in [0.05, 0.1) is 5.60 Å². The summed E-state index contributed by atoms with van der Waals surface area (Å²) in [4.78, 5) is 0. The molecule has 0 aromatic heterocycles. The van der Waals surface area contributed by atoms with Crippen molar-refractivity contribution in [3.63, 3.8) is 0 Å². The number of benzene rings is 1. The summed E-state index contributed by atoms with van der Waals surface area (Å²) in [5, 5.41) is 10.9. The molecule has 0 spiro atoms. The molecule has 2 heteroatoms. The van der Waals surface area contributed by atoms with Crippen LogP contribution in [-0.2, 0) is 10.2 Å². The second kappa shape index (κ2) is 6.50. The van der Waals surface area contributed by atoms with Crippen LogP contribution in [-0.4, -0.2) is 17.8 Å². The Balaban J connectivity index is 2.22. The summed E-state index contributed by atoms with van der Waals surface area (Å²) in [5.41, 5.74) is 2.02. The van der Waals surface area contributed by atoms with Crippen LogP contribution in [0, 0.1) is 0 Å². The number of hydrogen-bond donors (Lipinski definition) is 1. The minimum absolute atomic E-state index is 0.144. The molecule has 0 amide bonds. The molecule has 1 aliphatic carbocycles. The van der Waals surface area contributed by atoms with E-state index in [1.807, 2.05) is 0 Å². The van der Waals surface area contributed by atoms with Crippen LogP contribution in [0.2, 0.25) is 0 Å². The maximum atomic E-state index is 10.9. The van der Waals surface area contributed by atoms with Gasteiger partial charge >= 0.3 is 0 Å². The van der Waals surface area contributed by atoms with Crippen LogP contribution in [0.3, 0.4) is 0 Å². The van der Waals surface area contributed by atoms with Crippen molar-refractivity contribution >= 4 is 0 Å². The van der Waals surface area contributed by atoms with Crippen molar-refractivity contribution in [1.82, 2.24) is 0 Å². The zero-order valence-electron chi connectivity index (χ0n) is 14.0. The van der Waals surface area contributed by atoms with E-state index >= 15 is 0 Å². The van der Waals surface area contributed by atoms with Gasteiger partial charge in [0.25, 0.3) is 0 Å². The lowest BCUT2D eigenvalue weighted by atomic mass is 9.82. The molecule has 1 aliphatic rings. The Morgan fingerprint density at radius 2 is 1.52 bits per heavy atom. The molecule has 1 atom stereocenters. The first-order valence-electron chi connectivity index (χ1n) is 8.23. The minimum atomic E-state index is -0.533. The Morgan fingerprint density at radius 3 is 1.95 bits per heavy atom. The lowest BCUT2D eigenvalue weighted by Gasteiger charge is -2.36. The molecule has 1 unspecified atom stereocenters. The van der Waals surface area contributed by atoms with Gasteiger partial charge in [-0.25, -0.2) is 0 Å². The zero-order valence-corrected chi connectivity index (χ0v) is 14.0. The van der Waals surface area contributed by atoms with E-state index in [2.05, 4.69) is 45.0 Å². The summed E-state index contributed by atoms with van der Waals surface area (Å²) in [6.45, 7) is 6.63. The standard InChI is InChI=1S/C19H30O2/c1-18(2,3)16-11-9-15(10-12-16)17(20)19(21-4)13-7-5-6-8-14-19/h9-12,17,20H,5-8,13-14H2,1-4H3. The van der Waals surface area contributed by atoms with Gasteiger partial charge in [0.15, 0.2) is 0 Å². The summed E-state index contributed by atoms with van der Waals surface area (Å²) in [7, 11) is 1.75. The van der Waals surface area contributed by atoms with E-state index in [4.69, 9.17) is 4.74 Å². The van der Waals surface area contributed by atoms with Gasteiger partial charge in [0.2, 0.25) is 0 Å². The lowest BCUT2D eigenvalue weighted by Crippen LogP contribution is -2.38. The summed E-state index contributed by atoms with van der Waals surface area (Å²) in [6, 6.07) is 8.41. The molecule has 2 nitrogen and oxygen atoms in total. The van der Waals surface area contributed by atoms with Gasteiger partial charge in [-0.15, -0.1) is 0 Å². The largest absolute Gasteiger partial charge is 0.385 e. The molecule has 1 saturated carbocycles. The van der Waals surface area contributed by atoms with Crippen LogP contribution < -0.4 is 0 Å². The van der Waals surface area contributed by atoms with E-state index in [-0.39, 0.29) is 5.41 Å². The van der Waals surface area contributed by atoms with Gasteiger partial charge in [0, 0.05) is 7.11 Å². The minimum Gasteiger partial charge on any atom is -0.385 e. The Kier molecular flexibility index (Phi) is 5.11. The predicted octanol–water partition coefficient (Wildman–Crippen LogP) is 4.76. The van der Waals surface area contributed by atoms with Crippen molar-refractivity contribution in [2.75, 3.05) is 7.11 Å². The highest BCUT2D eigenvalue weighted by Crippen LogP contribution is 2.40. The number of aliphatic hydroxyl groups excluding tert-OH is 1. The van der Waals surface area contributed by atoms with Crippen molar-refractivity contribution < 1.29 is 9.84 Å². The number of methoxy groups -OCH3 is 1. The summed E-state index contributed by atoms with van der Waals surface area (Å²) in [5.74, 6) is 0. The molecule has 1 fully saturated rings. The quantitative estimate of drug-likeness (QED) is 0.813. The topological polar surface area (TPSA) is 29.5 Å². The summed E-state index contributed by atoms with van der Waals surface area (Å²) in [6.07, 6.45) is 6.16. The maximum absolute atomic E-state index is 10.9. The summed E-state index contributed by atoms with van der Waals surface area (Å²) >= 11 is 0. The SMILES string of the molecule is COC1(C(O)c2ccc(C(C)(C)C)cc2)CCCCCC1. The first kappa shape index (κ1) is 16.5. The Bertz CT molecular complexity index is 434. The number of hydrogen-bond acceptors (Lipinski definition) is 2. The fraction of sp³-hybridized carbons (Fsp3) is 0.684. The van der Waals surface area contributed by atoms with E-state index in [1.165, 1.54) is 18.4 Å². The maximum Gasteiger partial charge on any atom is 0.108 e. The highest BCUT2D eigenvalue weighted by Gasteiger charge is 2.39. The lowest BCUT2D eigenvalue weighted by molar-refractivity contribution is -0.114. The van der Waals surface area contributed by atoms with E-state index in [9.17, 15) is 5.11 Å². The molecule has 118 valence electrons. The second-order valence-electron chi connectivity index (χ2n) is 7.46. The van der Waals surface area contributed by atoms with Crippen molar-refractivity contribution in [2.24, 2.45) is 0 Å². The van der Waals surface area contributed by atoms with Crippen LogP contribution in [0.4, 0.5) is 0 Å². The van der Waals surface area contributed by atoms with Gasteiger partial charge in [-0.3, -0.25) is 0 Å². The Labute approximate surface area is 129 Å². The van der Waals surface area contributed by atoms with Crippen LogP contribution in [0.15, 0.2) is 24.3 Å². The van der Waals surface area contributed by atoms with Crippen molar-refractivity contribution in [3.8, 4) is 0 Å². The molecule has 0 saturated heterocycles. The van der Waals surface area contributed by atoms with Crippen LogP contribution in [0.1, 0.15) is 76.5 Å². The first-order chi connectivity index (χ1) is 9.89. The monoisotopic (exact) mass is 290 g/mol. The van der Waals surface area contributed by atoms with E-state index in [0.717, 1.165) is 31.2 Å². The smallest absolute Gasteiger partial charge is 0.108 e. The first-order valence-corrected chi connectivity index (χ1v) is 8.23. The highest BCUT2D eigenvalue weighted by atomic mass is 16.5. The molecule has 2 rings (SSSR count). The second-order valence-corrected chi connectivity index (χ2v) is 7.46. The third kappa shape index (κ3) is 3.67. The molecule has 1 aromatic carbocycles. The molecule has 0 heterocycles. The van der Waals surface area contributed by atoms with Crippen molar-refractivity contribution in [3.05, 3.63) is 35.4 Å². The van der Waals surface area contributed by atoms with Gasteiger partial charge in [0.1, 0.15) is 6.10 Å². The predicted molar refractivity (Wildman–Crippen MR) is 87.5 cm³/mol. The van der Waals surface area contributed by atoms with E-state index in [1.54, 1.807) is 7.11 Å². The molecule has 1 aromatic rings. The van der Waals surface area contributed by atoms with Crippen LogP contribution >= 0.6 is 0 Å². The van der Waals surface area contributed by atoms with Crippen LogP contribution in [0.25, 0.3) is 0 Å². The number of aliphatic hydroxyl groups is 1. The van der Waals surface area contributed by atoms with Gasteiger partial charge in [-0.05, 0) is 29.4 Å². The molecule has 21 heavy (non-hydrogen) atoms. The molecule has 1 N–H and O–H groups in total. The average molecular weight is 290 g/mol. The average Bonchev–Trinajstić information content (AvgIpc) is 2.72. The van der Waals surface area contributed by atoms with E-state index < -0.39 is 11.7 Å². The van der Waals surface area contributed by atoms with Crippen LogP contribution in [0.5, 0.6) is 0 Å².